The molecule has 1 saturated heterocycles. The van der Waals surface area contributed by atoms with Crippen molar-refractivity contribution in [3.8, 4) is 11.5 Å². The Kier molecular flexibility index (Phi) is 7.18. The molecule has 0 radical (unpaired) electrons. The Morgan fingerprint density at radius 1 is 1.07 bits per heavy atom. The molecule has 1 aliphatic heterocycles. The fraction of sp³-hybridized carbons (Fsp3) is 0.632. The van der Waals surface area contributed by atoms with Crippen LogP contribution in [0.15, 0.2) is 18.2 Å². The summed E-state index contributed by atoms with van der Waals surface area (Å²) in [4.78, 5) is 4.86. The van der Waals surface area contributed by atoms with Gasteiger partial charge in [0.15, 0.2) is 17.3 Å². The van der Waals surface area contributed by atoms with Gasteiger partial charge in [-0.05, 0) is 23.0 Å². The first kappa shape index (κ1) is 20.5. The highest BCUT2D eigenvalue weighted by Gasteiger charge is 2.33. The van der Waals surface area contributed by atoms with Gasteiger partial charge in [0.05, 0.1) is 27.4 Å². The van der Waals surface area contributed by atoms with Crippen molar-refractivity contribution in [1.82, 2.24) is 30.0 Å². The largest absolute Gasteiger partial charge is 0.493 e. The van der Waals surface area contributed by atoms with Crippen LogP contribution in [0.3, 0.4) is 0 Å². The number of rotatable bonds is 9. The number of methoxy groups -OCH3 is 3. The lowest BCUT2D eigenvalue weighted by atomic mass is 10.0. The van der Waals surface area contributed by atoms with E-state index in [2.05, 4.69) is 38.3 Å². The Morgan fingerprint density at radius 2 is 1.86 bits per heavy atom. The van der Waals surface area contributed by atoms with Gasteiger partial charge in [-0.15, -0.1) is 5.10 Å². The van der Waals surface area contributed by atoms with Crippen molar-refractivity contribution in [2.24, 2.45) is 0 Å². The number of hydrogen-bond donors (Lipinski definition) is 0. The molecular formula is C19H30N6O3. The van der Waals surface area contributed by atoms with Gasteiger partial charge in [0.1, 0.15) is 6.04 Å². The first-order valence-electron chi connectivity index (χ1n) is 9.65. The van der Waals surface area contributed by atoms with E-state index in [1.54, 1.807) is 21.3 Å². The zero-order chi connectivity index (χ0) is 19.9. The van der Waals surface area contributed by atoms with Crippen LogP contribution in [0.4, 0.5) is 0 Å². The molecule has 28 heavy (non-hydrogen) atoms. The standard InChI is InChI=1S/C19H30N6O3/c1-5-23-9-11-24(12-10-23)17(19-20-21-22-25(19)13-14-26-2)15-7-6-8-16(27-3)18(15)28-4/h6-8,17H,5,9-14H2,1-4H3. The average molecular weight is 390 g/mol. The average Bonchev–Trinajstić information content (AvgIpc) is 3.20. The van der Waals surface area contributed by atoms with Gasteiger partial charge in [0.2, 0.25) is 0 Å². The summed E-state index contributed by atoms with van der Waals surface area (Å²) in [7, 11) is 5.00. The summed E-state index contributed by atoms with van der Waals surface area (Å²) in [6.45, 7) is 8.28. The topological polar surface area (TPSA) is 77.8 Å². The third-order valence-electron chi connectivity index (χ3n) is 5.26. The Hall–Kier alpha value is -2.23. The normalized spacial score (nSPS) is 16.9. The maximum atomic E-state index is 5.74. The first-order valence-corrected chi connectivity index (χ1v) is 9.65. The molecule has 1 aromatic carbocycles. The van der Waals surface area contributed by atoms with E-state index in [0.717, 1.165) is 44.1 Å². The molecule has 2 aromatic rings. The highest BCUT2D eigenvalue weighted by Crippen LogP contribution is 2.39. The lowest BCUT2D eigenvalue weighted by molar-refractivity contribution is 0.105. The Balaban J connectivity index is 2.02. The van der Waals surface area contributed by atoms with Gasteiger partial charge in [-0.2, -0.15) is 0 Å². The number of nitrogens with zero attached hydrogens (tertiary/aromatic N) is 6. The molecule has 1 unspecified atom stereocenters. The predicted molar refractivity (Wildman–Crippen MR) is 105 cm³/mol. The number of piperazine rings is 1. The summed E-state index contributed by atoms with van der Waals surface area (Å²) in [5, 5.41) is 12.5. The molecule has 0 amide bonds. The van der Waals surface area contributed by atoms with Crippen LogP contribution >= 0.6 is 0 Å². The van der Waals surface area contributed by atoms with E-state index >= 15 is 0 Å². The van der Waals surface area contributed by atoms with E-state index < -0.39 is 0 Å². The van der Waals surface area contributed by atoms with Gasteiger partial charge in [0, 0.05) is 38.9 Å². The second-order valence-electron chi connectivity index (χ2n) is 6.71. The number of tetrazole rings is 1. The summed E-state index contributed by atoms with van der Waals surface area (Å²) in [6.07, 6.45) is 0. The lowest BCUT2D eigenvalue weighted by Crippen LogP contribution is -2.48. The highest BCUT2D eigenvalue weighted by atomic mass is 16.5. The van der Waals surface area contributed by atoms with E-state index in [9.17, 15) is 0 Å². The summed E-state index contributed by atoms with van der Waals surface area (Å²) < 4.78 is 18.3. The Morgan fingerprint density at radius 3 is 2.50 bits per heavy atom. The number of hydrogen-bond acceptors (Lipinski definition) is 8. The van der Waals surface area contributed by atoms with Crippen LogP contribution in [-0.4, -0.2) is 90.7 Å². The number of ether oxygens (including phenoxy) is 3. The maximum absolute atomic E-state index is 5.74. The van der Waals surface area contributed by atoms with Crippen LogP contribution in [0.5, 0.6) is 11.5 Å². The summed E-state index contributed by atoms with van der Waals surface area (Å²) >= 11 is 0. The molecule has 0 saturated carbocycles. The van der Waals surface area contributed by atoms with Crippen molar-refractivity contribution in [3.05, 3.63) is 29.6 Å². The molecule has 154 valence electrons. The van der Waals surface area contributed by atoms with Crippen molar-refractivity contribution in [2.75, 3.05) is 60.7 Å². The van der Waals surface area contributed by atoms with E-state index in [-0.39, 0.29) is 6.04 Å². The van der Waals surface area contributed by atoms with Crippen LogP contribution in [0.25, 0.3) is 0 Å². The monoisotopic (exact) mass is 390 g/mol. The molecule has 1 fully saturated rings. The van der Waals surface area contributed by atoms with Gasteiger partial charge in [-0.1, -0.05) is 19.1 Å². The second kappa shape index (κ2) is 9.81. The molecule has 9 heteroatoms. The molecule has 1 aliphatic rings. The molecule has 2 heterocycles. The molecular weight excluding hydrogens is 360 g/mol. The lowest BCUT2D eigenvalue weighted by Gasteiger charge is -2.38. The second-order valence-corrected chi connectivity index (χ2v) is 6.71. The molecule has 1 aromatic heterocycles. The van der Waals surface area contributed by atoms with Gasteiger partial charge in [-0.3, -0.25) is 4.90 Å². The number of benzene rings is 1. The SMILES string of the molecule is CCN1CCN(C(c2cccc(OC)c2OC)c2nnnn2CCOC)CC1. The number of aromatic nitrogens is 4. The minimum absolute atomic E-state index is 0.129. The highest BCUT2D eigenvalue weighted by molar-refractivity contribution is 5.49. The van der Waals surface area contributed by atoms with Crippen LogP contribution in [-0.2, 0) is 11.3 Å². The van der Waals surface area contributed by atoms with E-state index in [0.29, 0.717) is 24.7 Å². The fourth-order valence-electron chi connectivity index (χ4n) is 3.71. The van der Waals surface area contributed by atoms with Crippen molar-refractivity contribution >= 4 is 0 Å². The van der Waals surface area contributed by atoms with E-state index in [4.69, 9.17) is 14.2 Å². The molecule has 0 N–H and O–H groups in total. The Bertz CT molecular complexity index is 745. The van der Waals surface area contributed by atoms with Crippen molar-refractivity contribution in [3.63, 3.8) is 0 Å². The van der Waals surface area contributed by atoms with Crippen molar-refractivity contribution in [1.29, 1.82) is 0 Å². The molecule has 0 bridgehead atoms. The maximum Gasteiger partial charge on any atom is 0.173 e. The van der Waals surface area contributed by atoms with Gasteiger partial charge in [-0.25, -0.2) is 4.68 Å². The third-order valence-corrected chi connectivity index (χ3v) is 5.26. The van der Waals surface area contributed by atoms with E-state index in [1.165, 1.54) is 0 Å². The third kappa shape index (κ3) is 4.26. The summed E-state index contributed by atoms with van der Waals surface area (Å²) in [5.41, 5.74) is 1.00. The fourth-order valence-corrected chi connectivity index (χ4v) is 3.71. The molecule has 0 aliphatic carbocycles. The smallest absolute Gasteiger partial charge is 0.173 e. The molecule has 3 rings (SSSR count). The minimum atomic E-state index is -0.129. The van der Waals surface area contributed by atoms with E-state index in [1.807, 2.05) is 16.8 Å². The van der Waals surface area contributed by atoms with Gasteiger partial charge >= 0.3 is 0 Å². The Labute approximate surface area is 166 Å². The van der Waals surface area contributed by atoms with Crippen LogP contribution in [0.1, 0.15) is 24.4 Å². The minimum Gasteiger partial charge on any atom is -0.493 e. The van der Waals surface area contributed by atoms with Crippen LogP contribution in [0, 0.1) is 0 Å². The zero-order valence-electron chi connectivity index (χ0n) is 17.2. The van der Waals surface area contributed by atoms with Crippen LogP contribution < -0.4 is 9.47 Å². The molecule has 9 nitrogen and oxygen atoms in total. The zero-order valence-corrected chi connectivity index (χ0v) is 17.2. The summed E-state index contributed by atoms with van der Waals surface area (Å²) in [5.74, 6) is 2.20. The first-order chi connectivity index (χ1) is 13.7. The molecule has 0 spiro atoms. The van der Waals surface area contributed by atoms with Gasteiger partial charge in [0.25, 0.3) is 0 Å². The van der Waals surface area contributed by atoms with Gasteiger partial charge < -0.3 is 19.1 Å². The summed E-state index contributed by atoms with van der Waals surface area (Å²) in [6, 6.07) is 5.82. The predicted octanol–water partition coefficient (Wildman–Crippen LogP) is 1.06. The quantitative estimate of drug-likeness (QED) is 0.629. The van der Waals surface area contributed by atoms with Crippen LogP contribution in [0.2, 0.25) is 0 Å². The number of para-hydroxylation sites is 1. The number of likely N-dealkylation sites (N-methyl/N-ethyl adjacent to an activating group) is 1. The van der Waals surface area contributed by atoms with Crippen molar-refractivity contribution in [2.45, 2.75) is 19.5 Å². The van der Waals surface area contributed by atoms with Crippen molar-refractivity contribution < 1.29 is 14.2 Å². The molecule has 1 atom stereocenters.